The van der Waals surface area contributed by atoms with Crippen LogP contribution in [0.15, 0.2) is 54.4 Å². The first-order valence-electron chi connectivity index (χ1n) is 12.6. The summed E-state index contributed by atoms with van der Waals surface area (Å²) < 4.78 is 12.6. The smallest absolute Gasteiger partial charge is 0.274 e. The maximum atomic E-state index is 13.5. The lowest BCUT2D eigenvalue weighted by atomic mass is 9.75. The van der Waals surface area contributed by atoms with E-state index < -0.39 is 17.2 Å². The number of benzene rings is 2. The summed E-state index contributed by atoms with van der Waals surface area (Å²) in [6.45, 7) is 1.63. The van der Waals surface area contributed by atoms with E-state index >= 15 is 0 Å². The monoisotopic (exact) mass is 513 g/mol. The molecule has 0 atom stereocenters. The van der Waals surface area contributed by atoms with Gasteiger partial charge in [-0.3, -0.25) is 19.1 Å². The molecule has 6 rings (SSSR count). The zero-order valence-corrected chi connectivity index (χ0v) is 20.9. The van der Waals surface area contributed by atoms with Crippen molar-refractivity contribution < 1.29 is 23.9 Å². The minimum absolute atomic E-state index is 0.0385. The number of nitrogens with zero attached hydrogens (tertiary/aromatic N) is 2. The van der Waals surface area contributed by atoms with Crippen molar-refractivity contribution in [3.63, 3.8) is 0 Å². The van der Waals surface area contributed by atoms with Crippen LogP contribution in [0, 0.1) is 0 Å². The van der Waals surface area contributed by atoms with Crippen LogP contribution in [0.3, 0.4) is 0 Å². The molecule has 1 spiro atoms. The fraction of sp³-hybridized carbons (Fsp3) is 0.286. The highest BCUT2D eigenvalue weighted by Gasteiger charge is 2.47. The van der Waals surface area contributed by atoms with Crippen LogP contribution >= 0.6 is 0 Å². The maximum absolute atomic E-state index is 13.5. The largest absolute Gasteiger partial charge is 0.493 e. The molecule has 0 bridgehead atoms. The van der Waals surface area contributed by atoms with Gasteiger partial charge in [0, 0.05) is 49.8 Å². The first-order chi connectivity index (χ1) is 18.4. The molecule has 0 radical (unpaired) electrons. The Morgan fingerprint density at radius 1 is 1.13 bits per heavy atom. The number of amides is 3. The van der Waals surface area contributed by atoms with Crippen molar-refractivity contribution >= 4 is 35.2 Å². The van der Waals surface area contributed by atoms with Gasteiger partial charge in [-0.15, -0.1) is 0 Å². The van der Waals surface area contributed by atoms with Crippen molar-refractivity contribution in [1.29, 1.82) is 0 Å². The minimum Gasteiger partial charge on any atom is -0.493 e. The Morgan fingerprint density at radius 3 is 2.76 bits per heavy atom. The van der Waals surface area contributed by atoms with Crippen molar-refractivity contribution in [1.82, 2.24) is 15.1 Å². The van der Waals surface area contributed by atoms with E-state index in [0.29, 0.717) is 56.2 Å². The van der Waals surface area contributed by atoms with Gasteiger partial charge in [0.25, 0.3) is 11.8 Å². The predicted octanol–water partition coefficient (Wildman–Crippen LogP) is 2.76. The highest BCUT2D eigenvalue weighted by Crippen LogP contribution is 2.45. The zero-order valence-electron chi connectivity index (χ0n) is 20.9. The minimum atomic E-state index is -0.589. The molecule has 194 valence electrons. The number of hydrogen-bond donors (Lipinski definition) is 3. The Hall–Kier alpha value is -4.44. The lowest BCUT2D eigenvalue weighted by Gasteiger charge is -2.31. The number of aryl methyl sites for hydroxylation is 1. The molecule has 4 heterocycles. The summed E-state index contributed by atoms with van der Waals surface area (Å²) in [6.07, 6.45) is 5.13. The second kappa shape index (κ2) is 9.46. The molecule has 1 saturated heterocycles. The molecular weight excluding hydrogens is 486 g/mol. The Kier molecular flexibility index (Phi) is 5.96. The molecule has 3 aliphatic heterocycles. The maximum Gasteiger partial charge on any atom is 0.274 e. The fourth-order valence-electron chi connectivity index (χ4n) is 5.40. The van der Waals surface area contributed by atoms with Gasteiger partial charge in [0.15, 0.2) is 0 Å². The number of carbonyl (C=O) groups excluding carboxylic acids is 3. The summed E-state index contributed by atoms with van der Waals surface area (Å²) in [5, 5.41) is 12.6. The molecule has 1 aromatic heterocycles. The molecule has 0 unspecified atom stereocenters. The fourth-order valence-corrected chi connectivity index (χ4v) is 5.40. The van der Waals surface area contributed by atoms with Gasteiger partial charge in [0.2, 0.25) is 5.91 Å². The normalized spacial score (nSPS) is 17.4. The quantitative estimate of drug-likeness (QED) is 0.451. The molecule has 3 aliphatic rings. The second-order valence-corrected chi connectivity index (χ2v) is 9.64. The van der Waals surface area contributed by atoms with Crippen LogP contribution in [0.25, 0.3) is 6.08 Å². The molecule has 10 heteroatoms. The Bertz CT molecular complexity index is 1480. The first-order valence-corrected chi connectivity index (χ1v) is 12.6. The highest BCUT2D eigenvalue weighted by atomic mass is 16.5. The number of fused-ring (bicyclic) bond motifs is 3. The molecule has 3 aromatic rings. The van der Waals surface area contributed by atoms with Gasteiger partial charge in [-0.05, 0) is 54.3 Å². The summed E-state index contributed by atoms with van der Waals surface area (Å²) >= 11 is 0. The van der Waals surface area contributed by atoms with Crippen LogP contribution in [0.1, 0.15) is 40.0 Å². The van der Waals surface area contributed by atoms with E-state index in [2.05, 4.69) is 21.0 Å². The van der Waals surface area contributed by atoms with Crippen LogP contribution < -0.4 is 20.7 Å². The summed E-state index contributed by atoms with van der Waals surface area (Å²) in [5.74, 6) is -0.226. The van der Waals surface area contributed by atoms with Crippen molar-refractivity contribution in [3.05, 3.63) is 76.7 Å². The van der Waals surface area contributed by atoms with Crippen LogP contribution in [0.4, 0.5) is 11.4 Å². The van der Waals surface area contributed by atoms with Crippen molar-refractivity contribution in [2.75, 3.05) is 30.5 Å². The van der Waals surface area contributed by atoms with Crippen molar-refractivity contribution in [2.45, 2.75) is 24.7 Å². The molecule has 0 saturated carbocycles. The molecule has 3 amide bonds. The predicted molar refractivity (Wildman–Crippen MR) is 140 cm³/mol. The van der Waals surface area contributed by atoms with E-state index in [4.69, 9.17) is 9.47 Å². The molecule has 38 heavy (non-hydrogen) atoms. The molecule has 3 N–H and O–H groups in total. The van der Waals surface area contributed by atoms with Crippen molar-refractivity contribution in [3.8, 4) is 5.75 Å². The van der Waals surface area contributed by atoms with Gasteiger partial charge in [-0.25, -0.2) is 0 Å². The van der Waals surface area contributed by atoms with Crippen molar-refractivity contribution in [2.24, 2.45) is 7.05 Å². The average Bonchev–Trinajstić information content (AvgIpc) is 3.63. The molecule has 2 aromatic carbocycles. The van der Waals surface area contributed by atoms with Crippen LogP contribution in [-0.4, -0.2) is 47.3 Å². The van der Waals surface area contributed by atoms with E-state index in [-0.39, 0.29) is 11.6 Å². The number of rotatable bonds is 5. The third-order valence-corrected chi connectivity index (χ3v) is 7.45. The summed E-state index contributed by atoms with van der Waals surface area (Å²) in [7, 11) is 1.66. The van der Waals surface area contributed by atoms with E-state index in [1.165, 1.54) is 10.9 Å². The highest BCUT2D eigenvalue weighted by molar-refractivity contribution is 6.11. The zero-order chi connectivity index (χ0) is 26.3. The van der Waals surface area contributed by atoms with E-state index in [1.807, 2.05) is 24.3 Å². The number of anilines is 2. The third kappa shape index (κ3) is 4.12. The molecular formula is C28H27N5O5. The van der Waals surface area contributed by atoms with Gasteiger partial charge < -0.3 is 25.4 Å². The van der Waals surface area contributed by atoms with Gasteiger partial charge in [-0.2, -0.15) is 5.10 Å². The number of aromatic nitrogens is 2. The van der Waals surface area contributed by atoms with Gasteiger partial charge in [0.1, 0.15) is 17.1 Å². The van der Waals surface area contributed by atoms with Gasteiger partial charge >= 0.3 is 0 Å². The lowest BCUT2D eigenvalue weighted by Crippen LogP contribution is -2.39. The third-order valence-electron chi connectivity index (χ3n) is 7.45. The van der Waals surface area contributed by atoms with Crippen LogP contribution in [0.2, 0.25) is 0 Å². The number of ether oxygens (including phenoxy) is 2. The second-order valence-electron chi connectivity index (χ2n) is 9.64. The topological polar surface area (TPSA) is 124 Å². The SMILES string of the molecule is Cn1nccc1C(=O)N/C(=C/c1cccc2c1CCO2)C(=O)Nc1ccc2c(c1)NC(=O)C21CCOCC1. The van der Waals surface area contributed by atoms with Gasteiger partial charge in [-0.1, -0.05) is 18.2 Å². The summed E-state index contributed by atoms with van der Waals surface area (Å²) in [5.41, 5.74) is 3.66. The number of carbonyl (C=O) groups is 3. The van der Waals surface area contributed by atoms with E-state index in [0.717, 1.165) is 22.4 Å². The Labute approximate surface area is 219 Å². The molecule has 10 nitrogen and oxygen atoms in total. The Morgan fingerprint density at radius 2 is 1.97 bits per heavy atom. The van der Waals surface area contributed by atoms with Crippen LogP contribution in [0.5, 0.6) is 5.75 Å². The molecule has 0 aliphatic carbocycles. The van der Waals surface area contributed by atoms with E-state index in [9.17, 15) is 14.4 Å². The standard InChI is InChI=1S/C28H27N5O5/c1-33-23(7-11-29-33)26(35)31-22(15-17-3-2-4-24-19(17)8-12-38-24)25(34)30-18-5-6-20-21(16-18)32-27(36)28(20)9-13-37-14-10-28/h2-7,11,15-16H,8-10,12-14H2,1H3,(H,30,34)(H,31,35)(H,32,36)/b22-15+. The average molecular weight is 514 g/mol. The lowest BCUT2D eigenvalue weighted by molar-refractivity contribution is -0.124. The Balaban J connectivity index is 1.30. The van der Waals surface area contributed by atoms with E-state index in [1.54, 1.807) is 31.3 Å². The number of hydrogen-bond acceptors (Lipinski definition) is 6. The summed E-state index contributed by atoms with van der Waals surface area (Å²) in [6, 6.07) is 12.6. The number of nitrogens with one attached hydrogen (secondary N) is 3. The summed E-state index contributed by atoms with van der Waals surface area (Å²) in [4.78, 5) is 39.4. The first kappa shape index (κ1) is 23.9. The van der Waals surface area contributed by atoms with Gasteiger partial charge in [0.05, 0.1) is 12.0 Å². The molecule has 1 fully saturated rings. The van der Waals surface area contributed by atoms with Crippen LogP contribution in [-0.2, 0) is 33.2 Å².